The van der Waals surface area contributed by atoms with Crippen molar-refractivity contribution < 1.29 is 0 Å². The van der Waals surface area contributed by atoms with Gasteiger partial charge in [0, 0.05) is 0 Å². The third kappa shape index (κ3) is 2.80. The molecule has 2 fully saturated rings. The van der Waals surface area contributed by atoms with Gasteiger partial charge in [-0.15, -0.1) is 0 Å². The second-order valence-corrected chi connectivity index (χ2v) is 8.83. The number of fused-ring (bicyclic) bond motifs is 4. The Kier molecular flexibility index (Phi) is 5.05. The summed E-state index contributed by atoms with van der Waals surface area (Å²) in [5, 5.41) is 0. The molecule has 4 rings (SSSR count). The predicted molar refractivity (Wildman–Crippen MR) is 96.9 cm³/mol. The molecule has 4 aliphatic rings. The average Bonchev–Trinajstić information content (AvgIpc) is 2.55. The highest BCUT2D eigenvalue weighted by molar-refractivity contribution is 5.26. The Balaban J connectivity index is 0.000000693. The van der Waals surface area contributed by atoms with Crippen LogP contribution in [0.3, 0.4) is 0 Å². The molecule has 0 aromatic heterocycles. The molecule has 5 atom stereocenters. The van der Waals surface area contributed by atoms with Gasteiger partial charge in [-0.25, -0.2) is 0 Å². The van der Waals surface area contributed by atoms with Crippen LogP contribution >= 0.6 is 0 Å². The SMILES string of the molecule is CC.CC1CCC2=C(CCC3C2CCC2(C)CCCCC32)C1. The van der Waals surface area contributed by atoms with Crippen molar-refractivity contribution in [1.82, 2.24) is 0 Å². The van der Waals surface area contributed by atoms with Crippen LogP contribution in [0.5, 0.6) is 0 Å². The van der Waals surface area contributed by atoms with Crippen molar-refractivity contribution in [3.63, 3.8) is 0 Å². The summed E-state index contributed by atoms with van der Waals surface area (Å²) in [6.45, 7) is 9.11. The lowest BCUT2D eigenvalue weighted by molar-refractivity contribution is -0.0180. The van der Waals surface area contributed by atoms with Crippen LogP contribution in [0.4, 0.5) is 0 Å². The van der Waals surface area contributed by atoms with E-state index in [1.165, 1.54) is 64.2 Å². The van der Waals surface area contributed by atoms with E-state index in [1.54, 1.807) is 6.42 Å². The summed E-state index contributed by atoms with van der Waals surface area (Å²) in [7, 11) is 0. The van der Waals surface area contributed by atoms with Gasteiger partial charge in [-0.3, -0.25) is 0 Å². The number of hydrogen-bond acceptors (Lipinski definition) is 0. The predicted octanol–water partition coefficient (Wildman–Crippen LogP) is 7.15. The van der Waals surface area contributed by atoms with E-state index in [2.05, 4.69) is 13.8 Å². The van der Waals surface area contributed by atoms with Crippen molar-refractivity contribution in [2.45, 2.75) is 98.3 Å². The van der Waals surface area contributed by atoms with Crippen molar-refractivity contribution in [1.29, 1.82) is 0 Å². The average molecular weight is 303 g/mol. The second kappa shape index (κ2) is 6.70. The van der Waals surface area contributed by atoms with Crippen LogP contribution < -0.4 is 0 Å². The lowest BCUT2D eigenvalue weighted by Gasteiger charge is -2.55. The monoisotopic (exact) mass is 302 g/mol. The molecule has 0 heterocycles. The second-order valence-electron chi connectivity index (χ2n) is 8.83. The van der Waals surface area contributed by atoms with Crippen LogP contribution in [0.25, 0.3) is 0 Å². The van der Waals surface area contributed by atoms with Crippen LogP contribution in [0.1, 0.15) is 98.3 Å². The molecule has 0 aromatic carbocycles. The molecule has 0 amide bonds. The molecular weight excluding hydrogens is 264 g/mol. The topological polar surface area (TPSA) is 0 Å². The van der Waals surface area contributed by atoms with Gasteiger partial charge in [-0.05, 0) is 86.9 Å². The highest BCUT2D eigenvalue weighted by Gasteiger charge is 2.49. The van der Waals surface area contributed by atoms with Gasteiger partial charge in [0.1, 0.15) is 0 Å². The van der Waals surface area contributed by atoms with Gasteiger partial charge in [0.05, 0.1) is 0 Å². The van der Waals surface area contributed by atoms with Crippen LogP contribution in [0, 0.1) is 29.1 Å². The molecule has 0 spiro atoms. The zero-order valence-corrected chi connectivity index (χ0v) is 15.6. The molecule has 2 saturated carbocycles. The van der Waals surface area contributed by atoms with Gasteiger partial charge >= 0.3 is 0 Å². The summed E-state index contributed by atoms with van der Waals surface area (Å²) in [5.41, 5.74) is 4.62. The van der Waals surface area contributed by atoms with Gasteiger partial charge < -0.3 is 0 Å². The number of allylic oxidation sites excluding steroid dienone is 2. The normalized spacial score (nSPS) is 44.2. The van der Waals surface area contributed by atoms with Crippen LogP contribution in [-0.2, 0) is 0 Å². The Morgan fingerprint density at radius 3 is 2.55 bits per heavy atom. The van der Waals surface area contributed by atoms with Gasteiger partial charge in [0.15, 0.2) is 0 Å². The van der Waals surface area contributed by atoms with Crippen molar-refractivity contribution in [2.24, 2.45) is 29.1 Å². The minimum atomic E-state index is 0.722. The Bertz CT molecular complexity index is 418. The van der Waals surface area contributed by atoms with E-state index in [-0.39, 0.29) is 0 Å². The summed E-state index contributed by atoms with van der Waals surface area (Å²) >= 11 is 0. The summed E-state index contributed by atoms with van der Waals surface area (Å²) in [6.07, 6.45) is 16.6. The first-order valence-corrected chi connectivity index (χ1v) is 10.4. The maximum absolute atomic E-state index is 2.64. The van der Waals surface area contributed by atoms with Crippen LogP contribution in [0.2, 0.25) is 0 Å². The van der Waals surface area contributed by atoms with Gasteiger partial charge in [0.2, 0.25) is 0 Å². The lowest BCUT2D eigenvalue weighted by atomic mass is 9.50. The van der Waals surface area contributed by atoms with E-state index >= 15 is 0 Å². The highest BCUT2D eigenvalue weighted by Crippen LogP contribution is 2.60. The fraction of sp³-hybridized carbons (Fsp3) is 0.909. The van der Waals surface area contributed by atoms with Gasteiger partial charge in [0.25, 0.3) is 0 Å². The first-order valence-electron chi connectivity index (χ1n) is 10.4. The smallest absolute Gasteiger partial charge is 0.0169 e. The fourth-order valence-corrected chi connectivity index (χ4v) is 6.57. The zero-order chi connectivity index (χ0) is 15.7. The van der Waals surface area contributed by atoms with E-state index in [9.17, 15) is 0 Å². The molecule has 5 unspecified atom stereocenters. The van der Waals surface area contributed by atoms with Crippen LogP contribution in [-0.4, -0.2) is 0 Å². The highest BCUT2D eigenvalue weighted by atomic mass is 14.5. The molecule has 0 nitrogen and oxygen atoms in total. The van der Waals surface area contributed by atoms with Crippen molar-refractivity contribution in [3.05, 3.63) is 11.1 Å². The Morgan fingerprint density at radius 1 is 0.909 bits per heavy atom. The lowest BCUT2D eigenvalue weighted by Crippen LogP contribution is -2.45. The minimum Gasteiger partial charge on any atom is -0.0704 e. The summed E-state index contributed by atoms with van der Waals surface area (Å²) in [4.78, 5) is 0. The first-order chi connectivity index (χ1) is 10.7. The number of rotatable bonds is 0. The zero-order valence-electron chi connectivity index (χ0n) is 15.6. The molecule has 0 bridgehead atoms. The summed E-state index contributed by atoms with van der Waals surface area (Å²) in [5.74, 6) is 4.13. The van der Waals surface area contributed by atoms with Crippen molar-refractivity contribution in [3.8, 4) is 0 Å². The Hall–Kier alpha value is -0.260. The summed E-state index contributed by atoms with van der Waals surface area (Å²) < 4.78 is 0. The first kappa shape index (κ1) is 16.6. The molecule has 0 N–H and O–H groups in total. The third-order valence-electron chi connectivity index (χ3n) is 7.65. The quantitative estimate of drug-likeness (QED) is 0.417. The Morgan fingerprint density at radius 2 is 1.73 bits per heavy atom. The van der Waals surface area contributed by atoms with Crippen molar-refractivity contribution >= 4 is 0 Å². The molecule has 0 radical (unpaired) electrons. The maximum Gasteiger partial charge on any atom is -0.0169 e. The number of hydrogen-bond donors (Lipinski definition) is 0. The van der Waals surface area contributed by atoms with E-state index in [0.29, 0.717) is 0 Å². The Labute approximate surface area is 139 Å². The van der Waals surface area contributed by atoms with E-state index in [4.69, 9.17) is 0 Å². The maximum atomic E-state index is 2.64. The standard InChI is InChI=1S/C20H32.C2H6/c1-14-6-8-16-15(13-14)7-9-18-17(16)10-12-20(2)11-4-3-5-19(18)20;1-2/h14,17-19H,3-13H2,1-2H3;1-2H3. The van der Waals surface area contributed by atoms with E-state index < -0.39 is 0 Å². The molecule has 4 aliphatic carbocycles. The molecule has 126 valence electrons. The van der Waals surface area contributed by atoms with Crippen LogP contribution in [0.15, 0.2) is 11.1 Å². The van der Waals surface area contributed by atoms with Crippen molar-refractivity contribution in [2.75, 3.05) is 0 Å². The van der Waals surface area contributed by atoms with E-state index in [1.807, 2.05) is 25.0 Å². The molecule has 0 saturated heterocycles. The van der Waals surface area contributed by atoms with E-state index in [0.717, 1.165) is 29.1 Å². The van der Waals surface area contributed by atoms with Gasteiger partial charge in [-0.1, -0.05) is 51.7 Å². The fourth-order valence-electron chi connectivity index (χ4n) is 6.57. The summed E-state index contributed by atoms with van der Waals surface area (Å²) in [6, 6.07) is 0. The molecule has 0 aliphatic heterocycles. The van der Waals surface area contributed by atoms with Gasteiger partial charge in [-0.2, -0.15) is 0 Å². The minimum absolute atomic E-state index is 0.722. The third-order valence-corrected chi connectivity index (χ3v) is 7.65. The largest absolute Gasteiger partial charge is 0.0704 e. The molecule has 22 heavy (non-hydrogen) atoms. The molecular formula is C22H38. The molecule has 0 aromatic rings. The molecule has 0 heteroatoms.